The van der Waals surface area contributed by atoms with Crippen molar-refractivity contribution in [1.82, 2.24) is 19.2 Å². The fourth-order valence-corrected chi connectivity index (χ4v) is 5.94. The highest BCUT2D eigenvalue weighted by molar-refractivity contribution is 6.20. The highest BCUT2D eigenvalue weighted by atomic mass is 16.2. The largest absolute Gasteiger partial charge is 0.339 e. The van der Waals surface area contributed by atoms with Gasteiger partial charge in [0.2, 0.25) is 0 Å². The van der Waals surface area contributed by atoms with Crippen LogP contribution in [-0.2, 0) is 13.6 Å². The Bertz CT molecular complexity index is 1680. The number of rotatable bonds is 6. The Kier molecular flexibility index (Phi) is 6.75. The van der Waals surface area contributed by atoms with Gasteiger partial charge in [-0.05, 0) is 43.5 Å². The lowest BCUT2D eigenvalue weighted by atomic mass is 10.0. The standard InChI is InChI=1S/C32H33N5O2/c1-3-36(24-14-8-5-9-15-24)31(38)29-28-26-16-10-11-17-27(26)34(2)30(28)32(39)37(33-29)25-18-20-35(21-19-25)22-23-12-6-4-7-13-23/h4-17,25H,3,18-22H2,1-2H3. The van der Waals surface area contributed by atoms with Crippen LogP contribution in [0.25, 0.3) is 21.8 Å². The number of hydrogen-bond donors (Lipinski definition) is 0. The van der Waals surface area contributed by atoms with Gasteiger partial charge in [-0.25, -0.2) is 4.68 Å². The summed E-state index contributed by atoms with van der Waals surface area (Å²) in [5.41, 5.74) is 3.75. The van der Waals surface area contributed by atoms with E-state index < -0.39 is 0 Å². The Morgan fingerprint density at radius 1 is 0.923 bits per heavy atom. The van der Waals surface area contributed by atoms with Gasteiger partial charge in [0.15, 0.2) is 5.69 Å². The van der Waals surface area contributed by atoms with E-state index in [-0.39, 0.29) is 17.5 Å². The number of likely N-dealkylation sites (tertiary alicyclic amines) is 1. The molecule has 0 N–H and O–H groups in total. The van der Waals surface area contributed by atoms with E-state index in [1.807, 2.05) is 79.2 Å². The first kappa shape index (κ1) is 25.1. The molecule has 0 radical (unpaired) electrons. The van der Waals surface area contributed by atoms with E-state index in [0.29, 0.717) is 23.1 Å². The van der Waals surface area contributed by atoms with Crippen LogP contribution in [-0.4, -0.2) is 44.8 Å². The Hall–Kier alpha value is -4.23. The van der Waals surface area contributed by atoms with Crippen LogP contribution in [0.2, 0.25) is 0 Å². The minimum absolute atomic E-state index is 0.0645. The first-order valence-corrected chi connectivity index (χ1v) is 13.7. The Labute approximate surface area is 227 Å². The quantitative estimate of drug-likeness (QED) is 0.302. The summed E-state index contributed by atoms with van der Waals surface area (Å²) in [5, 5.41) is 6.38. The molecule has 3 aromatic carbocycles. The van der Waals surface area contributed by atoms with Crippen molar-refractivity contribution in [3.63, 3.8) is 0 Å². The number of carbonyl (C=O) groups excluding carboxylic acids is 1. The Balaban J connectivity index is 1.43. The third kappa shape index (κ3) is 4.53. The molecule has 1 aliphatic rings. The zero-order valence-electron chi connectivity index (χ0n) is 22.5. The molecule has 198 valence electrons. The van der Waals surface area contributed by atoms with Gasteiger partial charge in [0.25, 0.3) is 11.5 Å². The molecular weight excluding hydrogens is 486 g/mol. The molecule has 1 aliphatic heterocycles. The van der Waals surface area contributed by atoms with Gasteiger partial charge in [0.1, 0.15) is 5.52 Å². The van der Waals surface area contributed by atoms with Gasteiger partial charge in [-0.2, -0.15) is 5.10 Å². The fourth-order valence-electron chi connectivity index (χ4n) is 5.94. The van der Waals surface area contributed by atoms with Gasteiger partial charge in [-0.3, -0.25) is 14.5 Å². The first-order chi connectivity index (χ1) is 19.1. The molecule has 3 heterocycles. The van der Waals surface area contributed by atoms with Crippen LogP contribution in [0, 0.1) is 0 Å². The SMILES string of the molecule is CCN(C(=O)c1nn(C2CCN(Cc3ccccc3)CC2)c(=O)c2c1c1ccccc1n2C)c1ccccc1. The molecule has 7 heteroatoms. The van der Waals surface area contributed by atoms with Gasteiger partial charge in [0, 0.05) is 55.2 Å². The number of piperidine rings is 1. The first-order valence-electron chi connectivity index (χ1n) is 13.7. The molecule has 0 unspecified atom stereocenters. The van der Waals surface area contributed by atoms with Crippen molar-refractivity contribution in [2.45, 2.75) is 32.4 Å². The van der Waals surface area contributed by atoms with Crippen molar-refractivity contribution in [2.24, 2.45) is 7.05 Å². The molecule has 2 aromatic heterocycles. The van der Waals surface area contributed by atoms with Gasteiger partial charge in [0.05, 0.1) is 6.04 Å². The van der Waals surface area contributed by atoms with Crippen molar-refractivity contribution in [2.75, 3.05) is 24.5 Å². The van der Waals surface area contributed by atoms with E-state index >= 15 is 0 Å². The molecule has 0 aliphatic carbocycles. The van der Waals surface area contributed by atoms with Crippen LogP contribution >= 0.6 is 0 Å². The predicted octanol–water partition coefficient (Wildman–Crippen LogP) is 5.39. The molecule has 5 aromatic rings. The summed E-state index contributed by atoms with van der Waals surface area (Å²) in [6.45, 7) is 5.09. The molecule has 1 amide bonds. The lowest BCUT2D eigenvalue weighted by molar-refractivity contribution is 0.0981. The summed E-state index contributed by atoms with van der Waals surface area (Å²) >= 11 is 0. The van der Waals surface area contributed by atoms with Crippen molar-refractivity contribution in [3.05, 3.63) is 107 Å². The second-order valence-electron chi connectivity index (χ2n) is 10.3. The minimum atomic E-state index is -0.194. The van der Waals surface area contributed by atoms with Crippen molar-refractivity contribution in [1.29, 1.82) is 0 Å². The number of hydrogen-bond acceptors (Lipinski definition) is 4. The molecule has 7 nitrogen and oxygen atoms in total. The number of nitrogens with zero attached hydrogens (tertiary/aromatic N) is 5. The number of amides is 1. The summed E-state index contributed by atoms with van der Waals surface area (Å²) < 4.78 is 3.53. The molecule has 1 saturated heterocycles. The smallest absolute Gasteiger partial charge is 0.291 e. The second kappa shape index (κ2) is 10.5. The highest BCUT2D eigenvalue weighted by Gasteiger charge is 2.30. The Morgan fingerprint density at radius 2 is 1.56 bits per heavy atom. The Morgan fingerprint density at radius 3 is 2.26 bits per heavy atom. The van der Waals surface area contributed by atoms with Crippen LogP contribution in [0.3, 0.4) is 0 Å². The number of aryl methyl sites for hydroxylation is 1. The average Bonchev–Trinajstić information content (AvgIpc) is 3.28. The third-order valence-electron chi connectivity index (χ3n) is 7.95. The monoisotopic (exact) mass is 519 g/mol. The normalized spacial score (nSPS) is 14.7. The number of para-hydroxylation sites is 2. The zero-order valence-corrected chi connectivity index (χ0v) is 22.5. The van der Waals surface area contributed by atoms with Crippen molar-refractivity contribution in [3.8, 4) is 0 Å². The van der Waals surface area contributed by atoms with Gasteiger partial charge in [-0.1, -0.05) is 66.7 Å². The van der Waals surface area contributed by atoms with Crippen LogP contribution in [0.4, 0.5) is 5.69 Å². The summed E-state index contributed by atoms with van der Waals surface area (Å²) in [7, 11) is 1.90. The van der Waals surface area contributed by atoms with E-state index in [9.17, 15) is 9.59 Å². The van der Waals surface area contributed by atoms with Gasteiger partial charge < -0.3 is 9.47 Å². The molecule has 0 saturated carbocycles. The van der Waals surface area contributed by atoms with Gasteiger partial charge >= 0.3 is 0 Å². The summed E-state index contributed by atoms with van der Waals surface area (Å²) in [5.74, 6) is -0.194. The van der Waals surface area contributed by atoms with E-state index in [0.717, 1.165) is 49.1 Å². The topological polar surface area (TPSA) is 63.4 Å². The number of aromatic nitrogens is 3. The molecular formula is C32H33N5O2. The van der Waals surface area contributed by atoms with Gasteiger partial charge in [-0.15, -0.1) is 0 Å². The van der Waals surface area contributed by atoms with Crippen molar-refractivity contribution >= 4 is 33.4 Å². The maximum atomic E-state index is 14.2. The maximum Gasteiger partial charge on any atom is 0.291 e. The third-order valence-corrected chi connectivity index (χ3v) is 7.95. The van der Waals surface area contributed by atoms with E-state index in [1.54, 1.807) is 9.58 Å². The maximum absolute atomic E-state index is 14.2. The zero-order chi connectivity index (χ0) is 26.9. The molecule has 0 bridgehead atoms. The predicted molar refractivity (Wildman–Crippen MR) is 156 cm³/mol. The highest BCUT2D eigenvalue weighted by Crippen LogP contribution is 2.31. The molecule has 0 atom stereocenters. The van der Waals surface area contributed by atoms with E-state index in [1.165, 1.54) is 5.56 Å². The van der Waals surface area contributed by atoms with Crippen LogP contribution in [0.15, 0.2) is 89.7 Å². The minimum Gasteiger partial charge on any atom is -0.339 e. The fraction of sp³-hybridized carbons (Fsp3) is 0.281. The second-order valence-corrected chi connectivity index (χ2v) is 10.3. The van der Waals surface area contributed by atoms with E-state index in [2.05, 4.69) is 29.2 Å². The lowest BCUT2D eigenvalue weighted by Gasteiger charge is -2.32. The number of fused-ring (bicyclic) bond motifs is 3. The van der Waals surface area contributed by atoms with E-state index in [4.69, 9.17) is 5.10 Å². The lowest BCUT2D eigenvalue weighted by Crippen LogP contribution is -2.40. The molecule has 39 heavy (non-hydrogen) atoms. The molecule has 0 spiro atoms. The summed E-state index contributed by atoms with van der Waals surface area (Å²) in [6.07, 6.45) is 1.61. The number of anilines is 1. The average molecular weight is 520 g/mol. The molecule has 6 rings (SSSR count). The molecule has 1 fully saturated rings. The van der Waals surface area contributed by atoms with Crippen LogP contribution in [0.5, 0.6) is 0 Å². The summed E-state index contributed by atoms with van der Waals surface area (Å²) in [4.78, 5) is 32.4. The number of carbonyl (C=O) groups is 1. The van der Waals surface area contributed by atoms with Crippen LogP contribution < -0.4 is 10.5 Å². The van der Waals surface area contributed by atoms with Crippen molar-refractivity contribution < 1.29 is 4.79 Å². The summed E-state index contributed by atoms with van der Waals surface area (Å²) in [6, 6.07) is 27.9. The number of benzene rings is 3. The van der Waals surface area contributed by atoms with Crippen LogP contribution in [0.1, 0.15) is 41.9 Å².